The first kappa shape index (κ1) is 32.0. The van der Waals surface area contributed by atoms with Crippen molar-refractivity contribution in [3.05, 3.63) is 34.9 Å². The number of rotatable bonds is 2. The van der Waals surface area contributed by atoms with E-state index in [0.717, 1.165) is 5.56 Å². The van der Waals surface area contributed by atoms with E-state index in [1.807, 2.05) is 69.2 Å². The van der Waals surface area contributed by atoms with Gasteiger partial charge in [0.25, 0.3) is 0 Å². The third-order valence-corrected chi connectivity index (χ3v) is 2.82. The molecule has 30 heavy (non-hydrogen) atoms. The molecule has 0 unspecified atom stereocenters. The number of hydrogen-bond donors (Lipinski definition) is 1. The van der Waals surface area contributed by atoms with Gasteiger partial charge in [0.05, 0.1) is 0 Å². The van der Waals surface area contributed by atoms with Crippen molar-refractivity contribution in [1.82, 2.24) is 19.6 Å². The summed E-state index contributed by atoms with van der Waals surface area (Å²) in [4.78, 5) is 22.0. The smallest absolute Gasteiger partial charge is 0.359 e. The van der Waals surface area contributed by atoms with Crippen LogP contribution < -0.4 is 0 Å². The summed E-state index contributed by atoms with van der Waals surface area (Å²) in [5, 5.41) is 16.3. The number of hydrogen-bond acceptors (Lipinski definition) is 5. The molecule has 0 amide bonds. The van der Waals surface area contributed by atoms with E-state index in [0.29, 0.717) is 11.3 Å². The first-order chi connectivity index (χ1) is 13.9. The van der Waals surface area contributed by atoms with E-state index in [2.05, 4.69) is 10.2 Å². The summed E-state index contributed by atoms with van der Waals surface area (Å²) in [6, 6.07) is 0. The molecule has 0 aromatic carbocycles. The second-order valence-corrected chi connectivity index (χ2v) is 6.48. The second-order valence-electron chi connectivity index (χ2n) is 6.48. The Hall–Kier alpha value is -2.64. The van der Waals surface area contributed by atoms with E-state index >= 15 is 0 Å². The Morgan fingerprint density at radius 1 is 0.833 bits per heavy atom. The van der Waals surface area contributed by atoms with Crippen LogP contribution in [0.3, 0.4) is 0 Å². The average Bonchev–Trinajstić information content (AvgIpc) is 3.19. The fourth-order valence-electron chi connectivity index (χ4n) is 1.95. The van der Waals surface area contributed by atoms with Crippen molar-refractivity contribution in [3.8, 4) is 0 Å². The SMILES string of the molecule is CC.CC.CC.Cc1cn(C)nc1C(=O)O.Cc1cn(C)nc1C(=O)OC(C)(C)C. The van der Waals surface area contributed by atoms with Crippen LogP contribution in [-0.2, 0) is 18.8 Å². The van der Waals surface area contributed by atoms with E-state index < -0.39 is 11.6 Å². The highest BCUT2D eigenvalue weighted by Crippen LogP contribution is 2.13. The normalized spacial score (nSPS) is 9.23. The van der Waals surface area contributed by atoms with Crippen molar-refractivity contribution in [1.29, 1.82) is 0 Å². The number of aromatic nitrogens is 4. The fraction of sp³-hybridized carbons (Fsp3) is 0.636. The zero-order valence-corrected chi connectivity index (χ0v) is 21.1. The number of carboxylic acid groups (broad SMARTS) is 1. The topological polar surface area (TPSA) is 99.2 Å². The van der Waals surface area contributed by atoms with Crippen molar-refractivity contribution in [2.75, 3.05) is 0 Å². The predicted molar refractivity (Wildman–Crippen MR) is 122 cm³/mol. The van der Waals surface area contributed by atoms with E-state index in [-0.39, 0.29) is 11.7 Å². The van der Waals surface area contributed by atoms with Crippen molar-refractivity contribution in [2.45, 2.75) is 81.8 Å². The summed E-state index contributed by atoms with van der Waals surface area (Å²) in [5.41, 5.74) is 1.57. The minimum atomic E-state index is -0.974. The number of nitrogens with zero attached hydrogens (tertiary/aromatic N) is 4. The molecular formula is C22H42N4O4. The maximum absolute atomic E-state index is 11.6. The number of carboxylic acids is 1. The van der Waals surface area contributed by atoms with E-state index in [1.54, 1.807) is 38.1 Å². The lowest BCUT2D eigenvalue weighted by Crippen LogP contribution is -2.24. The van der Waals surface area contributed by atoms with Crippen LogP contribution >= 0.6 is 0 Å². The minimum absolute atomic E-state index is 0.127. The van der Waals surface area contributed by atoms with Crippen molar-refractivity contribution in [2.24, 2.45) is 14.1 Å². The predicted octanol–water partition coefficient (Wildman–Crippen LogP) is 5.19. The van der Waals surface area contributed by atoms with Crippen LogP contribution in [0, 0.1) is 13.8 Å². The molecule has 0 radical (unpaired) electrons. The molecule has 2 rings (SSSR count). The zero-order valence-electron chi connectivity index (χ0n) is 21.1. The lowest BCUT2D eigenvalue weighted by molar-refractivity contribution is 0.00610. The molecule has 0 spiro atoms. The van der Waals surface area contributed by atoms with E-state index in [4.69, 9.17) is 9.84 Å². The van der Waals surface area contributed by atoms with Gasteiger partial charge in [-0.15, -0.1) is 0 Å². The van der Waals surface area contributed by atoms with E-state index in [9.17, 15) is 9.59 Å². The molecule has 8 nitrogen and oxygen atoms in total. The molecule has 174 valence electrons. The number of esters is 1. The lowest BCUT2D eigenvalue weighted by Gasteiger charge is -2.18. The summed E-state index contributed by atoms with van der Waals surface area (Å²) in [5.74, 6) is -1.34. The van der Waals surface area contributed by atoms with Crippen LogP contribution in [0.2, 0.25) is 0 Å². The van der Waals surface area contributed by atoms with Gasteiger partial charge in [0.1, 0.15) is 5.60 Å². The highest BCUT2D eigenvalue weighted by molar-refractivity contribution is 5.89. The summed E-state index contributed by atoms with van der Waals surface area (Å²) in [7, 11) is 3.47. The quantitative estimate of drug-likeness (QED) is 0.664. The first-order valence-corrected chi connectivity index (χ1v) is 10.4. The largest absolute Gasteiger partial charge is 0.476 e. The van der Waals surface area contributed by atoms with Gasteiger partial charge < -0.3 is 9.84 Å². The average molecular weight is 427 g/mol. The van der Waals surface area contributed by atoms with Gasteiger partial charge in [0.2, 0.25) is 0 Å². The van der Waals surface area contributed by atoms with Crippen LogP contribution in [-0.4, -0.2) is 42.2 Å². The van der Waals surface area contributed by atoms with Gasteiger partial charge in [0.15, 0.2) is 11.4 Å². The molecule has 0 fully saturated rings. The Labute approximate surface area is 182 Å². The summed E-state index contributed by atoms with van der Waals surface area (Å²) < 4.78 is 8.29. The molecular weight excluding hydrogens is 384 g/mol. The van der Waals surface area contributed by atoms with Crippen LogP contribution in [0.15, 0.2) is 12.4 Å². The van der Waals surface area contributed by atoms with Crippen molar-refractivity contribution < 1.29 is 19.4 Å². The summed E-state index contributed by atoms with van der Waals surface area (Å²) in [6.45, 7) is 21.1. The van der Waals surface area contributed by atoms with Crippen LogP contribution in [0.4, 0.5) is 0 Å². The van der Waals surface area contributed by atoms with Gasteiger partial charge in [-0.1, -0.05) is 41.5 Å². The number of ether oxygens (including phenoxy) is 1. The Morgan fingerprint density at radius 3 is 1.37 bits per heavy atom. The third-order valence-electron chi connectivity index (χ3n) is 2.82. The van der Waals surface area contributed by atoms with Gasteiger partial charge in [-0.2, -0.15) is 10.2 Å². The summed E-state index contributed by atoms with van der Waals surface area (Å²) >= 11 is 0. The maximum Gasteiger partial charge on any atom is 0.359 e. The standard InChI is InChI=1S/C10H16N2O2.C6H8N2O2.3C2H6/c1-7-6-12(5)11-8(7)9(13)14-10(2,3)4;1-4-3-8(2)7-5(4)6(9)10;3*1-2/h6H,1-5H3;3H,1-2H3,(H,9,10);3*1-2H3. The molecule has 0 saturated heterocycles. The first-order valence-electron chi connectivity index (χ1n) is 10.4. The molecule has 2 heterocycles. The Kier molecular flexibility index (Phi) is 17.3. The Balaban J connectivity index is -0.000000400. The molecule has 0 atom stereocenters. The number of carbonyl (C=O) groups is 2. The third kappa shape index (κ3) is 12.7. The highest BCUT2D eigenvalue weighted by atomic mass is 16.6. The molecule has 0 aliphatic rings. The molecule has 1 N–H and O–H groups in total. The van der Waals surface area contributed by atoms with Crippen LogP contribution in [0.1, 0.15) is 94.4 Å². The molecule has 8 heteroatoms. The molecule has 2 aromatic rings. The van der Waals surface area contributed by atoms with Crippen molar-refractivity contribution >= 4 is 11.9 Å². The van der Waals surface area contributed by atoms with Crippen molar-refractivity contribution in [3.63, 3.8) is 0 Å². The van der Waals surface area contributed by atoms with E-state index in [1.165, 1.54) is 4.68 Å². The van der Waals surface area contributed by atoms with Crippen LogP contribution in [0.25, 0.3) is 0 Å². The molecule has 0 aliphatic carbocycles. The molecule has 0 bridgehead atoms. The molecule has 0 aliphatic heterocycles. The highest BCUT2D eigenvalue weighted by Gasteiger charge is 2.21. The van der Waals surface area contributed by atoms with Gasteiger partial charge in [-0.25, -0.2) is 9.59 Å². The minimum Gasteiger partial charge on any atom is -0.476 e. The molecule has 0 saturated carbocycles. The molecule has 2 aromatic heterocycles. The zero-order chi connectivity index (χ0) is 24.7. The van der Waals surface area contributed by atoms with Gasteiger partial charge >= 0.3 is 11.9 Å². The fourth-order valence-corrected chi connectivity index (χ4v) is 1.95. The Bertz CT molecular complexity index is 741. The van der Waals surface area contributed by atoms with Gasteiger partial charge in [-0.05, 0) is 34.6 Å². The lowest BCUT2D eigenvalue weighted by atomic mass is 10.2. The summed E-state index contributed by atoms with van der Waals surface area (Å²) in [6.07, 6.45) is 3.46. The number of aryl methyl sites for hydroxylation is 4. The monoisotopic (exact) mass is 426 g/mol. The van der Waals surface area contributed by atoms with Crippen LogP contribution in [0.5, 0.6) is 0 Å². The Morgan fingerprint density at radius 2 is 1.17 bits per heavy atom. The van der Waals surface area contributed by atoms with Gasteiger partial charge in [0, 0.05) is 37.6 Å². The maximum atomic E-state index is 11.6. The number of carbonyl (C=O) groups excluding carboxylic acids is 1. The second kappa shape index (κ2) is 16.2. The van der Waals surface area contributed by atoms with Gasteiger partial charge in [-0.3, -0.25) is 9.36 Å². The number of aromatic carboxylic acids is 1.